The summed E-state index contributed by atoms with van der Waals surface area (Å²) >= 11 is 0. The normalized spacial score (nSPS) is 17.5. The second-order valence-electron chi connectivity index (χ2n) is 12.6. The lowest BCUT2D eigenvalue weighted by Crippen LogP contribution is -2.44. The van der Waals surface area contributed by atoms with Crippen molar-refractivity contribution in [2.45, 2.75) is 57.9 Å². The molecule has 2 unspecified atom stereocenters. The quantitative estimate of drug-likeness (QED) is 0.164. The van der Waals surface area contributed by atoms with Crippen molar-refractivity contribution in [3.63, 3.8) is 0 Å². The van der Waals surface area contributed by atoms with E-state index >= 15 is 0 Å². The van der Waals surface area contributed by atoms with E-state index in [-0.39, 0.29) is 0 Å². The topological polar surface area (TPSA) is 132 Å². The predicted molar refractivity (Wildman–Crippen MR) is 178 cm³/mol. The number of nitrogens with zero attached hydrogens (tertiary/aromatic N) is 4. The Morgan fingerprint density at radius 2 is 1.64 bits per heavy atom. The number of benzene rings is 2. The summed E-state index contributed by atoms with van der Waals surface area (Å²) in [5.74, 6) is 2.08. The van der Waals surface area contributed by atoms with Gasteiger partial charge in [0, 0.05) is 32.1 Å². The van der Waals surface area contributed by atoms with Gasteiger partial charge in [-0.1, -0.05) is 67.6 Å². The number of hydrogen-bond donors (Lipinski definition) is 3. The average Bonchev–Trinajstić information content (AvgIpc) is 3.46. The maximum absolute atomic E-state index is 13.3. The first kappa shape index (κ1) is 32.0. The van der Waals surface area contributed by atoms with Gasteiger partial charge in [0.1, 0.15) is 11.6 Å². The average molecular weight is 631 g/mol. The lowest BCUT2D eigenvalue weighted by molar-refractivity contribution is 0.178. The highest BCUT2D eigenvalue weighted by molar-refractivity contribution is 7.93. The first-order valence-electron chi connectivity index (χ1n) is 15.3. The van der Waals surface area contributed by atoms with E-state index in [1.165, 1.54) is 11.4 Å². The molecule has 11 heteroatoms. The number of carboxylic acid groups (broad SMARTS) is 1. The van der Waals surface area contributed by atoms with Crippen molar-refractivity contribution in [2.24, 2.45) is 11.8 Å². The summed E-state index contributed by atoms with van der Waals surface area (Å²) in [5.41, 5.74) is 2.89. The van der Waals surface area contributed by atoms with Gasteiger partial charge in [-0.3, -0.25) is 9.40 Å². The standard InChI is InChI=1S/C34H42N6O4S/c1-23(2)45(43,44)39(5)31-17-27(18-32(35-31)40(22-28-16-24(28)3)21-26-14-10-7-11-15-26)29-19-30(38-37-29)34(4,36-33(41)42)20-25-12-8-6-9-13-25/h6-15,17-19,23-24,28,36H,16,20-22H2,1-5H3,(H,37,38)(H,41,42)/t24?,28?,34-/m1/s1. The number of pyridine rings is 1. The fourth-order valence-corrected chi connectivity index (χ4v) is 6.58. The van der Waals surface area contributed by atoms with Gasteiger partial charge in [0.2, 0.25) is 10.0 Å². The molecule has 1 aliphatic carbocycles. The molecule has 2 heterocycles. The van der Waals surface area contributed by atoms with Crippen molar-refractivity contribution in [3.8, 4) is 11.3 Å². The van der Waals surface area contributed by atoms with Gasteiger partial charge in [-0.2, -0.15) is 5.10 Å². The fraction of sp³-hybridized carbons (Fsp3) is 0.382. The number of H-pyrrole nitrogens is 1. The van der Waals surface area contributed by atoms with Gasteiger partial charge in [0.15, 0.2) is 0 Å². The van der Waals surface area contributed by atoms with Crippen molar-refractivity contribution in [2.75, 3.05) is 22.8 Å². The van der Waals surface area contributed by atoms with E-state index in [1.807, 2.05) is 67.6 Å². The molecule has 0 saturated heterocycles. The molecule has 0 aliphatic heterocycles. The van der Waals surface area contributed by atoms with Crippen LogP contribution in [0.3, 0.4) is 0 Å². The first-order valence-corrected chi connectivity index (χ1v) is 16.8. The van der Waals surface area contributed by atoms with Crippen molar-refractivity contribution in [1.82, 2.24) is 20.5 Å². The van der Waals surface area contributed by atoms with E-state index in [4.69, 9.17) is 4.98 Å². The van der Waals surface area contributed by atoms with Crippen LogP contribution >= 0.6 is 0 Å². The Morgan fingerprint density at radius 1 is 1.04 bits per heavy atom. The third-order valence-electron chi connectivity index (χ3n) is 8.62. The SMILES string of the molecule is CC1CC1CN(Cc1ccccc1)c1cc(-c2cc([C@@](C)(Cc3ccccc3)NC(=O)O)[nH]n2)cc(N(C)S(=O)(=O)C(C)C)n1. The van der Waals surface area contributed by atoms with Crippen LogP contribution in [0.5, 0.6) is 0 Å². The summed E-state index contributed by atoms with van der Waals surface area (Å²) in [6.07, 6.45) is 0.386. The predicted octanol–water partition coefficient (Wildman–Crippen LogP) is 6.03. The van der Waals surface area contributed by atoms with E-state index in [9.17, 15) is 18.3 Å². The number of nitrogens with one attached hydrogen (secondary N) is 2. The first-order chi connectivity index (χ1) is 21.4. The van der Waals surface area contributed by atoms with Crippen LogP contribution in [0, 0.1) is 11.8 Å². The summed E-state index contributed by atoms with van der Waals surface area (Å²) in [5, 5.41) is 19.4. The lowest BCUT2D eigenvalue weighted by Gasteiger charge is -2.28. The molecule has 5 rings (SSSR count). The van der Waals surface area contributed by atoms with Crippen LogP contribution in [0.4, 0.5) is 16.4 Å². The Morgan fingerprint density at radius 3 is 2.22 bits per heavy atom. The monoisotopic (exact) mass is 630 g/mol. The van der Waals surface area contributed by atoms with Crippen LogP contribution in [0.25, 0.3) is 11.3 Å². The molecular formula is C34H42N6O4S. The van der Waals surface area contributed by atoms with Gasteiger partial charge in [0.05, 0.1) is 22.2 Å². The van der Waals surface area contributed by atoms with Gasteiger partial charge in [-0.25, -0.2) is 18.2 Å². The van der Waals surface area contributed by atoms with Crippen LogP contribution in [0.1, 0.15) is 50.9 Å². The zero-order valence-electron chi connectivity index (χ0n) is 26.4. The van der Waals surface area contributed by atoms with Crippen LogP contribution in [-0.2, 0) is 28.5 Å². The number of rotatable bonds is 13. The smallest absolute Gasteiger partial charge is 0.405 e. The summed E-state index contributed by atoms with van der Waals surface area (Å²) in [7, 11) is -2.14. The highest BCUT2D eigenvalue weighted by Crippen LogP contribution is 2.40. The third kappa shape index (κ3) is 7.47. The highest BCUT2D eigenvalue weighted by Gasteiger charge is 2.35. The Balaban J connectivity index is 1.59. The molecule has 45 heavy (non-hydrogen) atoms. The van der Waals surface area contributed by atoms with Gasteiger partial charge < -0.3 is 15.3 Å². The Hall–Kier alpha value is -4.38. The van der Waals surface area contributed by atoms with Gasteiger partial charge in [-0.15, -0.1) is 0 Å². The summed E-state index contributed by atoms with van der Waals surface area (Å²) in [6, 6.07) is 25.3. The van der Waals surface area contributed by atoms with Crippen molar-refractivity contribution >= 4 is 27.8 Å². The molecule has 1 saturated carbocycles. The summed E-state index contributed by atoms with van der Waals surface area (Å²) < 4.78 is 27.8. The van der Waals surface area contributed by atoms with Crippen LogP contribution in [0.2, 0.25) is 0 Å². The zero-order chi connectivity index (χ0) is 32.4. The molecule has 0 bridgehead atoms. The molecule has 0 spiro atoms. The number of amides is 1. The Bertz CT molecular complexity index is 1730. The minimum absolute atomic E-state index is 0.290. The molecule has 2 aromatic heterocycles. The molecule has 1 fully saturated rings. The van der Waals surface area contributed by atoms with E-state index < -0.39 is 26.9 Å². The number of aromatic nitrogens is 3. The number of anilines is 2. The Kier molecular flexibility index (Phi) is 9.20. The van der Waals surface area contributed by atoms with Crippen LogP contribution in [0.15, 0.2) is 78.9 Å². The number of carbonyl (C=O) groups is 1. The maximum atomic E-state index is 13.3. The molecule has 3 N–H and O–H groups in total. The highest BCUT2D eigenvalue weighted by atomic mass is 32.2. The molecule has 3 atom stereocenters. The lowest BCUT2D eigenvalue weighted by atomic mass is 9.89. The second-order valence-corrected chi connectivity index (χ2v) is 15.1. The molecule has 238 valence electrons. The molecular weight excluding hydrogens is 588 g/mol. The minimum atomic E-state index is -3.67. The second kappa shape index (κ2) is 12.9. The van der Waals surface area contributed by atoms with E-state index in [2.05, 4.69) is 39.5 Å². The fourth-order valence-electron chi connectivity index (χ4n) is 5.60. The van der Waals surface area contributed by atoms with E-state index in [0.29, 0.717) is 53.4 Å². The molecule has 1 amide bonds. The molecule has 0 radical (unpaired) electrons. The number of sulfonamides is 1. The van der Waals surface area contributed by atoms with Gasteiger partial charge >= 0.3 is 6.09 Å². The van der Waals surface area contributed by atoms with E-state index in [0.717, 1.165) is 24.1 Å². The zero-order valence-corrected chi connectivity index (χ0v) is 27.3. The largest absolute Gasteiger partial charge is 0.465 e. The van der Waals surface area contributed by atoms with Crippen molar-refractivity contribution in [3.05, 3.63) is 95.7 Å². The Labute approximate surface area is 265 Å². The maximum Gasteiger partial charge on any atom is 0.405 e. The van der Waals surface area contributed by atoms with Crippen LogP contribution < -0.4 is 14.5 Å². The summed E-state index contributed by atoms with van der Waals surface area (Å²) in [6.45, 7) is 8.76. The number of hydrogen-bond acceptors (Lipinski definition) is 6. The summed E-state index contributed by atoms with van der Waals surface area (Å²) in [4.78, 5) is 19.0. The van der Waals surface area contributed by atoms with Crippen molar-refractivity contribution < 1.29 is 18.3 Å². The molecule has 1 aliphatic rings. The van der Waals surface area contributed by atoms with Crippen molar-refractivity contribution in [1.29, 1.82) is 0 Å². The van der Waals surface area contributed by atoms with Crippen LogP contribution in [-0.4, -0.2) is 53.6 Å². The third-order valence-corrected chi connectivity index (χ3v) is 10.8. The minimum Gasteiger partial charge on any atom is -0.465 e. The molecule has 2 aromatic carbocycles. The van der Waals surface area contributed by atoms with Gasteiger partial charge in [-0.05, 0) is 68.4 Å². The van der Waals surface area contributed by atoms with E-state index in [1.54, 1.807) is 19.9 Å². The van der Waals surface area contributed by atoms with Gasteiger partial charge in [0.25, 0.3) is 0 Å². The number of aromatic amines is 1. The molecule has 4 aromatic rings. The molecule has 10 nitrogen and oxygen atoms in total.